The summed E-state index contributed by atoms with van der Waals surface area (Å²) in [6.45, 7) is 11.6. The number of aryl methyl sites for hydroxylation is 2. The molecule has 1 N–H and O–H groups in total. The van der Waals surface area contributed by atoms with Crippen molar-refractivity contribution in [2.45, 2.75) is 47.6 Å². The summed E-state index contributed by atoms with van der Waals surface area (Å²) in [5.41, 5.74) is 6.74. The Morgan fingerprint density at radius 3 is 2.22 bits per heavy atom. The van der Waals surface area contributed by atoms with Gasteiger partial charge in [0.15, 0.2) is 6.61 Å². The van der Waals surface area contributed by atoms with Gasteiger partial charge in [0, 0.05) is 16.7 Å². The number of rotatable bonds is 6. The Balaban J connectivity index is 2.12. The summed E-state index contributed by atoms with van der Waals surface area (Å²) in [6, 6.07) is 20.2. The molecule has 3 aromatic carbocycles. The van der Waals surface area contributed by atoms with Crippen LogP contribution in [0.4, 0.5) is 0 Å². The largest absolute Gasteiger partial charge is 0.477 e. The summed E-state index contributed by atoms with van der Waals surface area (Å²) in [4.78, 5) is 27.8. The topological polar surface area (TPSA) is 82.4 Å². The Bertz CT molecular complexity index is 1320. The van der Waals surface area contributed by atoms with Crippen LogP contribution in [-0.4, -0.2) is 23.4 Å². The van der Waals surface area contributed by atoms with Crippen LogP contribution in [-0.2, 0) is 0 Å². The van der Waals surface area contributed by atoms with Crippen LogP contribution in [0.25, 0.3) is 0 Å². The first kappa shape index (κ1) is 27.9. The first-order chi connectivity index (χ1) is 17.4. The molecule has 3 aromatic rings. The maximum Gasteiger partial charge on any atom is 0.272 e. The van der Waals surface area contributed by atoms with Gasteiger partial charge in [-0.15, -0.1) is 0 Å². The maximum absolute atomic E-state index is 14.1. The predicted octanol–water partition coefficient (Wildman–Crippen LogP) is 6.85. The summed E-state index contributed by atoms with van der Waals surface area (Å²) in [5, 5.41) is 10.4. The SMILES string of the molecule is Cc1cc(C)cc(C(=O)N(NC(=O)c2ccc(Br)c(OCC#N)c2C)C(c2ccccc2)C(C)(C)C)c1. The van der Waals surface area contributed by atoms with Crippen LogP contribution < -0.4 is 10.2 Å². The van der Waals surface area contributed by atoms with E-state index in [-0.39, 0.29) is 12.5 Å². The van der Waals surface area contributed by atoms with E-state index < -0.39 is 17.4 Å². The molecule has 0 saturated carbocycles. The molecule has 1 atom stereocenters. The molecule has 0 spiro atoms. The van der Waals surface area contributed by atoms with E-state index in [1.807, 2.05) is 89.2 Å². The minimum atomic E-state index is -0.462. The molecule has 0 aliphatic carbocycles. The minimum absolute atomic E-state index is 0.151. The van der Waals surface area contributed by atoms with E-state index in [1.54, 1.807) is 19.1 Å². The molecular formula is C30H32BrN3O3. The molecule has 2 amide bonds. The lowest BCUT2D eigenvalue weighted by Crippen LogP contribution is -2.51. The number of nitrogens with one attached hydrogen (secondary N) is 1. The van der Waals surface area contributed by atoms with Crippen LogP contribution in [0.1, 0.15) is 69.8 Å². The number of ether oxygens (including phenoxy) is 1. The summed E-state index contributed by atoms with van der Waals surface area (Å²) < 4.78 is 6.19. The Kier molecular flexibility index (Phi) is 8.77. The van der Waals surface area contributed by atoms with Crippen molar-refractivity contribution in [1.29, 1.82) is 5.26 Å². The predicted molar refractivity (Wildman–Crippen MR) is 148 cm³/mol. The van der Waals surface area contributed by atoms with Gasteiger partial charge in [-0.2, -0.15) is 5.26 Å². The number of nitrogens with zero attached hydrogens (tertiary/aromatic N) is 2. The highest BCUT2D eigenvalue weighted by Crippen LogP contribution is 2.38. The van der Waals surface area contributed by atoms with Crippen LogP contribution >= 0.6 is 15.9 Å². The van der Waals surface area contributed by atoms with Crippen molar-refractivity contribution in [3.8, 4) is 11.8 Å². The zero-order valence-electron chi connectivity index (χ0n) is 22.1. The van der Waals surface area contributed by atoms with Crippen molar-refractivity contribution in [3.63, 3.8) is 0 Å². The molecule has 6 nitrogen and oxygen atoms in total. The highest BCUT2D eigenvalue weighted by atomic mass is 79.9. The van der Waals surface area contributed by atoms with Crippen LogP contribution in [0.5, 0.6) is 5.75 Å². The molecule has 192 valence electrons. The van der Waals surface area contributed by atoms with E-state index in [2.05, 4.69) is 21.4 Å². The van der Waals surface area contributed by atoms with Gasteiger partial charge in [-0.05, 0) is 71.9 Å². The normalized spacial score (nSPS) is 11.8. The van der Waals surface area contributed by atoms with Crippen molar-refractivity contribution in [3.05, 3.63) is 98.5 Å². The van der Waals surface area contributed by atoms with Gasteiger partial charge in [0.1, 0.15) is 11.8 Å². The Morgan fingerprint density at radius 2 is 1.65 bits per heavy atom. The molecule has 0 heterocycles. The van der Waals surface area contributed by atoms with Gasteiger partial charge in [0.2, 0.25) is 0 Å². The second kappa shape index (κ2) is 11.6. The lowest BCUT2D eigenvalue weighted by atomic mass is 9.81. The molecule has 1 unspecified atom stereocenters. The van der Waals surface area contributed by atoms with Gasteiger partial charge >= 0.3 is 0 Å². The number of halogens is 1. The third-order valence-electron chi connectivity index (χ3n) is 5.99. The van der Waals surface area contributed by atoms with Gasteiger partial charge in [-0.3, -0.25) is 15.0 Å². The average molecular weight is 563 g/mol. The second-order valence-electron chi connectivity index (χ2n) is 10.2. The van der Waals surface area contributed by atoms with Crippen LogP contribution in [0.15, 0.2) is 65.1 Å². The quantitative estimate of drug-likeness (QED) is 0.333. The first-order valence-corrected chi connectivity index (χ1v) is 12.8. The highest BCUT2D eigenvalue weighted by Gasteiger charge is 2.37. The second-order valence-corrected chi connectivity index (χ2v) is 11.0. The average Bonchev–Trinajstić information content (AvgIpc) is 2.82. The van der Waals surface area contributed by atoms with E-state index in [1.165, 1.54) is 5.01 Å². The molecule has 0 aromatic heterocycles. The fraction of sp³-hybridized carbons (Fsp3) is 0.300. The number of nitriles is 1. The molecular weight excluding hydrogens is 530 g/mol. The number of amides is 2. The van der Waals surface area contributed by atoms with E-state index in [4.69, 9.17) is 10.00 Å². The minimum Gasteiger partial charge on any atom is -0.477 e. The molecule has 0 fully saturated rings. The molecule has 3 rings (SSSR count). The van der Waals surface area contributed by atoms with Crippen LogP contribution in [0, 0.1) is 37.5 Å². The van der Waals surface area contributed by atoms with Crippen molar-refractivity contribution in [2.75, 3.05) is 6.61 Å². The van der Waals surface area contributed by atoms with Crippen molar-refractivity contribution in [1.82, 2.24) is 10.4 Å². The van der Waals surface area contributed by atoms with Crippen molar-refractivity contribution < 1.29 is 14.3 Å². The number of carbonyl (C=O) groups excluding carboxylic acids is 2. The molecule has 0 bridgehead atoms. The maximum atomic E-state index is 14.1. The zero-order valence-corrected chi connectivity index (χ0v) is 23.6. The van der Waals surface area contributed by atoms with Gasteiger partial charge in [-0.1, -0.05) is 68.3 Å². The third kappa shape index (κ3) is 6.58. The van der Waals surface area contributed by atoms with Gasteiger partial charge in [-0.25, -0.2) is 5.01 Å². The van der Waals surface area contributed by atoms with Gasteiger partial charge in [0.25, 0.3) is 11.8 Å². The number of benzene rings is 3. The third-order valence-corrected chi connectivity index (χ3v) is 6.61. The summed E-state index contributed by atoms with van der Waals surface area (Å²) in [6.07, 6.45) is 0. The lowest BCUT2D eigenvalue weighted by molar-refractivity contribution is 0.0288. The molecule has 0 radical (unpaired) electrons. The van der Waals surface area contributed by atoms with E-state index in [9.17, 15) is 9.59 Å². The molecule has 0 saturated heterocycles. The summed E-state index contributed by atoms with van der Waals surface area (Å²) in [5.74, 6) is -0.342. The smallest absolute Gasteiger partial charge is 0.272 e. The van der Waals surface area contributed by atoms with Gasteiger partial charge in [0.05, 0.1) is 10.5 Å². The van der Waals surface area contributed by atoms with E-state index in [0.29, 0.717) is 26.9 Å². The highest BCUT2D eigenvalue weighted by molar-refractivity contribution is 9.10. The molecule has 0 aliphatic rings. The summed E-state index contributed by atoms with van der Waals surface area (Å²) >= 11 is 3.43. The first-order valence-electron chi connectivity index (χ1n) is 12.0. The fourth-order valence-corrected chi connectivity index (χ4v) is 5.04. The lowest BCUT2D eigenvalue weighted by Gasteiger charge is -2.40. The number of hydrogen-bond donors (Lipinski definition) is 1. The fourth-order valence-electron chi connectivity index (χ4n) is 4.50. The molecule has 37 heavy (non-hydrogen) atoms. The zero-order chi connectivity index (χ0) is 27.3. The van der Waals surface area contributed by atoms with Crippen molar-refractivity contribution in [2.24, 2.45) is 5.41 Å². The Morgan fingerprint density at radius 1 is 1.03 bits per heavy atom. The number of carbonyl (C=O) groups is 2. The van der Waals surface area contributed by atoms with E-state index >= 15 is 0 Å². The summed E-state index contributed by atoms with van der Waals surface area (Å²) in [7, 11) is 0. The van der Waals surface area contributed by atoms with Crippen LogP contribution in [0.2, 0.25) is 0 Å². The van der Waals surface area contributed by atoms with Crippen LogP contribution in [0.3, 0.4) is 0 Å². The van der Waals surface area contributed by atoms with Gasteiger partial charge < -0.3 is 4.74 Å². The monoisotopic (exact) mass is 561 g/mol. The number of hydrazine groups is 1. The molecule has 0 aliphatic heterocycles. The van der Waals surface area contributed by atoms with E-state index in [0.717, 1.165) is 16.7 Å². The molecule has 7 heteroatoms. The number of hydrogen-bond acceptors (Lipinski definition) is 4. The Labute approximate surface area is 227 Å². The standard InChI is InChI=1S/C30H32BrN3O3/c1-19-16-20(2)18-23(17-19)29(36)34(27(30(4,5)6)22-10-8-7-9-11-22)33-28(35)24-12-13-25(31)26(21(24)3)37-15-14-32/h7-13,16-18,27H,15H2,1-6H3,(H,33,35). The van der Waals surface area contributed by atoms with Crippen molar-refractivity contribution >= 4 is 27.7 Å². The Hall–Kier alpha value is -3.63.